The van der Waals surface area contributed by atoms with Crippen LogP contribution < -0.4 is 0 Å². The molecule has 0 aromatic heterocycles. The van der Waals surface area contributed by atoms with E-state index in [0.29, 0.717) is 18.7 Å². The van der Waals surface area contributed by atoms with E-state index < -0.39 is 27.7 Å². The number of nitrogens with zero attached hydrogens (tertiary/aromatic N) is 1. The molecule has 0 spiro atoms. The number of benzene rings is 4. The molecule has 1 aliphatic rings. The van der Waals surface area contributed by atoms with E-state index in [9.17, 15) is 21.6 Å². The lowest BCUT2D eigenvalue weighted by Crippen LogP contribution is -2.54. The highest BCUT2D eigenvalue weighted by Crippen LogP contribution is 2.41. The Kier molecular flexibility index (Phi) is 7.62. The number of hydrogen-bond acceptors (Lipinski definition) is 4. The second-order valence-corrected chi connectivity index (χ2v) is 11.8. The molecule has 5 rings (SSSR count). The maximum Gasteiger partial charge on any atom is 0.416 e. The van der Waals surface area contributed by atoms with Gasteiger partial charge in [0.25, 0.3) is 0 Å². The lowest BCUT2D eigenvalue weighted by Gasteiger charge is -2.45. The Balaban J connectivity index is 1.44. The first-order valence-electron chi connectivity index (χ1n) is 12.6. The molecule has 8 heteroatoms. The summed E-state index contributed by atoms with van der Waals surface area (Å²) < 4.78 is 72.2. The minimum absolute atomic E-state index is 0.00164. The lowest BCUT2D eigenvalue weighted by molar-refractivity contribution is -0.141. The Morgan fingerprint density at radius 3 is 1.77 bits per heavy atom. The molecular weight excluding hydrogens is 523 g/mol. The Bertz CT molecular complexity index is 1460. The van der Waals surface area contributed by atoms with Gasteiger partial charge in [0.15, 0.2) is 9.84 Å². The van der Waals surface area contributed by atoms with Crippen LogP contribution in [-0.4, -0.2) is 38.8 Å². The van der Waals surface area contributed by atoms with Gasteiger partial charge in [0.2, 0.25) is 0 Å². The van der Waals surface area contributed by atoms with Gasteiger partial charge in [-0.25, -0.2) is 8.42 Å². The third-order valence-electron chi connectivity index (χ3n) is 6.96. The van der Waals surface area contributed by atoms with E-state index in [1.54, 1.807) is 6.07 Å². The molecular formula is C31H28F3NO3S. The molecule has 0 saturated carbocycles. The number of sulfone groups is 1. The Labute approximate surface area is 226 Å². The minimum Gasteiger partial charge on any atom is -0.363 e. The zero-order chi connectivity index (χ0) is 27.6. The van der Waals surface area contributed by atoms with Crippen LogP contribution in [0.4, 0.5) is 13.2 Å². The molecule has 0 bridgehead atoms. The summed E-state index contributed by atoms with van der Waals surface area (Å²) in [6.45, 7) is 1.06. The molecule has 0 N–H and O–H groups in total. The molecule has 1 saturated heterocycles. The minimum atomic E-state index is -4.57. The van der Waals surface area contributed by atoms with Crippen molar-refractivity contribution in [3.8, 4) is 0 Å². The van der Waals surface area contributed by atoms with E-state index in [2.05, 4.69) is 29.2 Å². The SMILES string of the molecule is CS(=O)(=O)c1ccc(C(OC2CN(C(c3ccccc3)c3ccccc3)C2)c2ccccc2C(F)(F)F)cc1. The molecule has 4 nitrogen and oxygen atoms in total. The molecule has 202 valence electrons. The van der Waals surface area contributed by atoms with Crippen LogP contribution in [0.5, 0.6) is 0 Å². The summed E-state index contributed by atoms with van der Waals surface area (Å²) in [6, 6.07) is 31.4. The fourth-order valence-electron chi connectivity index (χ4n) is 5.05. The maximum absolute atomic E-state index is 14.0. The average Bonchev–Trinajstić information content (AvgIpc) is 2.90. The van der Waals surface area contributed by atoms with Gasteiger partial charge in [-0.05, 0) is 40.5 Å². The number of alkyl halides is 3. The van der Waals surface area contributed by atoms with E-state index in [-0.39, 0.29) is 22.6 Å². The third kappa shape index (κ3) is 6.08. The van der Waals surface area contributed by atoms with Crippen molar-refractivity contribution >= 4 is 9.84 Å². The summed E-state index contributed by atoms with van der Waals surface area (Å²) in [5.41, 5.74) is 1.93. The fourth-order valence-corrected chi connectivity index (χ4v) is 5.68. The van der Waals surface area contributed by atoms with Gasteiger partial charge in [-0.2, -0.15) is 13.2 Å². The summed E-state index contributed by atoms with van der Waals surface area (Å²) in [5.74, 6) is 0. The van der Waals surface area contributed by atoms with Crippen molar-refractivity contribution in [3.05, 3.63) is 137 Å². The Morgan fingerprint density at radius 2 is 1.26 bits per heavy atom. The predicted octanol–water partition coefficient (Wildman–Crippen LogP) is 6.69. The molecule has 1 aliphatic heterocycles. The lowest BCUT2D eigenvalue weighted by atomic mass is 9.93. The van der Waals surface area contributed by atoms with Crippen LogP contribution in [0.15, 0.2) is 114 Å². The highest BCUT2D eigenvalue weighted by Gasteiger charge is 2.39. The average molecular weight is 552 g/mol. The molecule has 39 heavy (non-hydrogen) atoms. The number of rotatable bonds is 8. The molecule has 1 fully saturated rings. The molecule has 4 aromatic rings. The highest BCUT2D eigenvalue weighted by molar-refractivity contribution is 7.90. The third-order valence-corrected chi connectivity index (χ3v) is 8.09. The monoisotopic (exact) mass is 551 g/mol. The predicted molar refractivity (Wildman–Crippen MR) is 144 cm³/mol. The van der Waals surface area contributed by atoms with Gasteiger partial charge in [0.1, 0.15) is 6.10 Å². The van der Waals surface area contributed by atoms with Crippen molar-refractivity contribution in [2.24, 2.45) is 0 Å². The van der Waals surface area contributed by atoms with Crippen LogP contribution in [0.1, 0.15) is 40.0 Å². The summed E-state index contributed by atoms with van der Waals surface area (Å²) in [7, 11) is -3.45. The molecule has 4 aromatic carbocycles. The normalized spacial score (nSPS) is 15.7. The first-order valence-corrected chi connectivity index (χ1v) is 14.5. The summed E-state index contributed by atoms with van der Waals surface area (Å²) in [6.07, 6.45) is -4.81. The van der Waals surface area contributed by atoms with Crippen LogP contribution >= 0.6 is 0 Å². The molecule has 1 atom stereocenters. The second-order valence-electron chi connectivity index (χ2n) is 9.74. The van der Waals surface area contributed by atoms with Gasteiger partial charge in [0, 0.05) is 19.3 Å². The zero-order valence-corrected chi connectivity index (χ0v) is 22.1. The first kappa shape index (κ1) is 27.1. The van der Waals surface area contributed by atoms with E-state index in [4.69, 9.17) is 4.74 Å². The van der Waals surface area contributed by atoms with Crippen molar-refractivity contribution in [2.75, 3.05) is 19.3 Å². The zero-order valence-electron chi connectivity index (χ0n) is 21.3. The molecule has 1 unspecified atom stereocenters. The smallest absolute Gasteiger partial charge is 0.363 e. The van der Waals surface area contributed by atoms with Gasteiger partial charge in [-0.3, -0.25) is 4.90 Å². The van der Waals surface area contributed by atoms with Crippen molar-refractivity contribution in [1.82, 2.24) is 4.90 Å². The highest BCUT2D eigenvalue weighted by atomic mass is 32.2. The number of likely N-dealkylation sites (tertiary alicyclic amines) is 1. The van der Waals surface area contributed by atoms with Crippen LogP contribution in [0, 0.1) is 0 Å². The standard InChI is InChI=1S/C31H28F3NO3S/c1-39(36,37)26-18-16-24(17-19-26)30(27-14-8-9-15-28(27)31(32,33)34)38-25-20-35(21-25)29(22-10-4-2-5-11-22)23-12-6-3-7-13-23/h2-19,25,29-30H,20-21H2,1H3. The number of halogens is 3. The fraction of sp³-hybridized carbons (Fsp3) is 0.226. The quantitative estimate of drug-likeness (QED) is 0.245. The van der Waals surface area contributed by atoms with E-state index in [1.807, 2.05) is 36.4 Å². The van der Waals surface area contributed by atoms with Crippen LogP contribution in [0.2, 0.25) is 0 Å². The van der Waals surface area contributed by atoms with Crippen molar-refractivity contribution < 1.29 is 26.3 Å². The van der Waals surface area contributed by atoms with E-state index >= 15 is 0 Å². The largest absolute Gasteiger partial charge is 0.416 e. The molecule has 0 aliphatic carbocycles. The van der Waals surface area contributed by atoms with Crippen molar-refractivity contribution in [1.29, 1.82) is 0 Å². The summed E-state index contributed by atoms with van der Waals surface area (Å²) >= 11 is 0. The van der Waals surface area contributed by atoms with Crippen molar-refractivity contribution in [3.63, 3.8) is 0 Å². The van der Waals surface area contributed by atoms with Gasteiger partial charge < -0.3 is 4.74 Å². The van der Waals surface area contributed by atoms with Gasteiger partial charge >= 0.3 is 6.18 Å². The Morgan fingerprint density at radius 1 is 0.744 bits per heavy atom. The first-order chi connectivity index (χ1) is 18.6. The van der Waals surface area contributed by atoms with Crippen LogP contribution in [-0.2, 0) is 20.8 Å². The summed E-state index contributed by atoms with van der Waals surface area (Å²) in [5, 5.41) is 0. The van der Waals surface area contributed by atoms with Crippen LogP contribution in [0.3, 0.4) is 0 Å². The summed E-state index contributed by atoms with van der Waals surface area (Å²) in [4.78, 5) is 2.34. The maximum atomic E-state index is 14.0. The molecule has 0 amide bonds. The van der Waals surface area contributed by atoms with Crippen molar-refractivity contribution in [2.45, 2.75) is 29.3 Å². The van der Waals surface area contributed by atoms with E-state index in [1.165, 1.54) is 36.4 Å². The topological polar surface area (TPSA) is 46.6 Å². The van der Waals surface area contributed by atoms with Crippen LogP contribution in [0.25, 0.3) is 0 Å². The van der Waals surface area contributed by atoms with Gasteiger partial charge in [-0.1, -0.05) is 91.0 Å². The second kappa shape index (κ2) is 11.0. The van der Waals surface area contributed by atoms with Gasteiger partial charge in [-0.15, -0.1) is 0 Å². The molecule has 0 radical (unpaired) electrons. The Hall–Kier alpha value is -3.46. The van der Waals surface area contributed by atoms with Gasteiger partial charge in [0.05, 0.1) is 22.6 Å². The molecule has 1 heterocycles. The van der Waals surface area contributed by atoms with E-state index in [0.717, 1.165) is 23.4 Å². The number of ether oxygens (including phenoxy) is 1. The number of hydrogen-bond donors (Lipinski definition) is 0.